The van der Waals surface area contributed by atoms with Crippen LogP contribution in [0.1, 0.15) is 35.6 Å². The van der Waals surface area contributed by atoms with Gasteiger partial charge < -0.3 is 5.32 Å². The molecule has 106 valence electrons. The number of amides is 1. The first-order valence-electron chi connectivity index (χ1n) is 6.53. The third-order valence-electron chi connectivity index (χ3n) is 3.00. The van der Waals surface area contributed by atoms with E-state index in [2.05, 4.69) is 26.3 Å². The quantitative estimate of drug-likeness (QED) is 0.934. The number of carbonyl (C=O) groups is 1. The van der Waals surface area contributed by atoms with Crippen LogP contribution in [0.5, 0.6) is 0 Å². The molecule has 0 aliphatic rings. The molecule has 0 fully saturated rings. The summed E-state index contributed by atoms with van der Waals surface area (Å²) in [6.07, 6.45) is 0. The van der Waals surface area contributed by atoms with E-state index in [9.17, 15) is 4.79 Å². The van der Waals surface area contributed by atoms with E-state index in [1.807, 2.05) is 56.6 Å². The first-order chi connectivity index (χ1) is 9.40. The van der Waals surface area contributed by atoms with E-state index in [1.54, 1.807) is 0 Å². The molecule has 0 spiro atoms. The average Bonchev–Trinajstić information content (AvgIpc) is 2.66. The van der Waals surface area contributed by atoms with Gasteiger partial charge in [0.05, 0.1) is 21.5 Å². The van der Waals surface area contributed by atoms with Crippen molar-refractivity contribution in [2.24, 2.45) is 0 Å². The van der Waals surface area contributed by atoms with Crippen LogP contribution in [0, 0.1) is 13.8 Å². The SMILES string of the molecule is Cc1nn(-c2ccc(C(=O)NC(C)C)cc2)c(C)c1Br. The summed E-state index contributed by atoms with van der Waals surface area (Å²) >= 11 is 3.51. The fourth-order valence-electron chi connectivity index (χ4n) is 1.97. The van der Waals surface area contributed by atoms with Gasteiger partial charge in [-0.1, -0.05) is 0 Å². The number of aromatic nitrogens is 2. The first kappa shape index (κ1) is 14.8. The van der Waals surface area contributed by atoms with E-state index in [4.69, 9.17) is 0 Å². The third kappa shape index (κ3) is 2.93. The standard InChI is InChI=1S/C15H18BrN3O/c1-9(2)17-15(20)12-5-7-13(8-6-12)19-11(4)14(16)10(3)18-19/h5-9H,1-4H3,(H,17,20). The van der Waals surface area contributed by atoms with E-state index < -0.39 is 0 Å². The third-order valence-corrected chi connectivity index (χ3v) is 4.14. The summed E-state index contributed by atoms with van der Waals surface area (Å²) in [6, 6.07) is 7.57. The van der Waals surface area contributed by atoms with E-state index >= 15 is 0 Å². The van der Waals surface area contributed by atoms with Gasteiger partial charge in [0.1, 0.15) is 0 Å². The van der Waals surface area contributed by atoms with Gasteiger partial charge in [-0.15, -0.1) is 0 Å². The van der Waals surface area contributed by atoms with Crippen molar-refractivity contribution in [3.63, 3.8) is 0 Å². The van der Waals surface area contributed by atoms with Crippen LogP contribution in [-0.2, 0) is 0 Å². The fourth-order valence-corrected chi connectivity index (χ4v) is 2.22. The lowest BCUT2D eigenvalue weighted by molar-refractivity contribution is 0.0943. The summed E-state index contributed by atoms with van der Waals surface area (Å²) < 4.78 is 2.88. The van der Waals surface area contributed by atoms with Crippen molar-refractivity contribution in [3.8, 4) is 5.69 Å². The molecule has 0 aliphatic heterocycles. The zero-order chi connectivity index (χ0) is 14.9. The Hall–Kier alpha value is -1.62. The summed E-state index contributed by atoms with van der Waals surface area (Å²) in [6.45, 7) is 7.85. The molecule has 0 unspecified atom stereocenters. The molecule has 1 amide bonds. The molecule has 2 aromatic rings. The van der Waals surface area contributed by atoms with Crippen molar-refractivity contribution >= 4 is 21.8 Å². The van der Waals surface area contributed by atoms with Crippen molar-refractivity contribution < 1.29 is 4.79 Å². The molecule has 0 aliphatic carbocycles. The highest BCUT2D eigenvalue weighted by Gasteiger charge is 2.11. The van der Waals surface area contributed by atoms with Gasteiger partial charge in [-0.25, -0.2) is 4.68 Å². The maximum absolute atomic E-state index is 11.9. The number of nitrogens with zero attached hydrogens (tertiary/aromatic N) is 2. The first-order valence-corrected chi connectivity index (χ1v) is 7.32. The van der Waals surface area contributed by atoms with Crippen LogP contribution < -0.4 is 5.32 Å². The second kappa shape index (κ2) is 5.79. The van der Waals surface area contributed by atoms with Gasteiger partial charge in [-0.05, 0) is 67.9 Å². The highest BCUT2D eigenvalue weighted by atomic mass is 79.9. The van der Waals surface area contributed by atoms with E-state index in [0.29, 0.717) is 5.56 Å². The maximum atomic E-state index is 11.9. The minimum absolute atomic E-state index is 0.0545. The van der Waals surface area contributed by atoms with Crippen molar-refractivity contribution in [3.05, 3.63) is 45.7 Å². The van der Waals surface area contributed by atoms with Gasteiger partial charge >= 0.3 is 0 Å². The molecule has 1 aromatic heterocycles. The Kier molecular flexibility index (Phi) is 4.28. The Morgan fingerprint density at radius 2 is 1.85 bits per heavy atom. The second-order valence-electron chi connectivity index (χ2n) is 5.07. The van der Waals surface area contributed by atoms with Crippen molar-refractivity contribution in [2.75, 3.05) is 0 Å². The predicted molar refractivity (Wildman–Crippen MR) is 83.3 cm³/mol. The van der Waals surface area contributed by atoms with Gasteiger partial charge in [0.15, 0.2) is 0 Å². The van der Waals surface area contributed by atoms with Crippen LogP contribution in [0.3, 0.4) is 0 Å². The summed E-state index contributed by atoms with van der Waals surface area (Å²) in [7, 11) is 0. The highest BCUT2D eigenvalue weighted by molar-refractivity contribution is 9.10. The highest BCUT2D eigenvalue weighted by Crippen LogP contribution is 2.23. The molecule has 0 saturated carbocycles. The molecule has 0 saturated heterocycles. The van der Waals surface area contributed by atoms with Crippen LogP contribution in [0.4, 0.5) is 0 Å². The van der Waals surface area contributed by atoms with Crippen molar-refractivity contribution in [1.82, 2.24) is 15.1 Å². The van der Waals surface area contributed by atoms with Crippen molar-refractivity contribution in [2.45, 2.75) is 33.7 Å². The molecule has 4 nitrogen and oxygen atoms in total. The molecule has 1 aromatic carbocycles. The number of halogens is 1. The van der Waals surface area contributed by atoms with E-state index in [-0.39, 0.29) is 11.9 Å². The predicted octanol–water partition coefficient (Wildman–Crippen LogP) is 3.39. The summed E-state index contributed by atoms with van der Waals surface area (Å²) in [5.41, 5.74) is 3.59. The van der Waals surface area contributed by atoms with Crippen LogP contribution in [0.2, 0.25) is 0 Å². The van der Waals surface area contributed by atoms with Crippen LogP contribution >= 0.6 is 15.9 Å². The number of benzene rings is 1. The topological polar surface area (TPSA) is 46.9 Å². The minimum atomic E-state index is -0.0545. The molecule has 1 heterocycles. The summed E-state index contributed by atoms with van der Waals surface area (Å²) in [5.74, 6) is -0.0545. The van der Waals surface area contributed by atoms with Gasteiger partial charge in [0.2, 0.25) is 0 Å². The molecule has 0 atom stereocenters. The number of hydrogen-bond acceptors (Lipinski definition) is 2. The zero-order valence-electron chi connectivity index (χ0n) is 12.1. The number of carbonyl (C=O) groups excluding carboxylic acids is 1. The summed E-state index contributed by atoms with van der Waals surface area (Å²) in [4.78, 5) is 11.9. The molecule has 5 heteroatoms. The largest absolute Gasteiger partial charge is 0.350 e. The van der Waals surface area contributed by atoms with Crippen LogP contribution in [0.15, 0.2) is 28.7 Å². The van der Waals surface area contributed by atoms with Crippen LogP contribution in [0.25, 0.3) is 5.69 Å². The lowest BCUT2D eigenvalue weighted by atomic mass is 10.2. The van der Waals surface area contributed by atoms with Gasteiger partial charge in [-0.3, -0.25) is 4.79 Å². The molecular weight excluding hydrogens is 318 g/mol. The lowest BCUT2D eigenvalue weighted by Gasteiger charge is -2.09. The second-order valence-corrected chi connectivity index (χ2v) is 5.86. The van der Waals surface area contributed by atoms with Crippen LogP contribution in [-0.4, -0.2) is 21.7 Å². The van der Waals surface area contributed by atoms with Gasteiger partial charge in [0.25, 0.3) is 5.91 Å². The van der Waals surface area contributed by atoms with E-state index in [0.717, 1.165) is 21.5 Å². The summed E-state index contributed by atoms with van der Waals surface area (Å²) in [5, 5.41) is 7.35. The zero-order valence-corrected chi connectivity index (χ0v) is 13.7. The number of rotatable bonds is 3. The molecule has 1 N–H and O–H groups in total. The molecule has 0 bridgehead atoms. The molecular formula is C15H18BrN3O. The maximum Gasteiger partial charge on any atom is 0.251 e. The molecule has 20 heavy (non-hydrogen) atoms. The van der Waals surface area contributed by atoms with E-state index in [1.165, 1.54) is 0 Å². The Morgan fingerprint density at radius 1 is 1.25 bits per heavy atom. The Morgan fingerprint density at radius 3 is 2.30 bits per heavy atom. The fraction of sp³-hybridized carbons (Fsp3) is 0.333. The Bertz CT molecular complexity index is 629. The average molecular weight is 336 g/mol. The monoisotopic (exact) mass is 335 g/mol. The smallest absolute Gasteiger partial charge is 0.251 e. The van der Waals surface area contributed by atoms with Crippen molar-refractivity contribution in [1.29, 1.82) is 0 Å². The number of hydrogen-bond donors (Lipinski definition) is 1. The normalized spacial score (nSPS) is 10.9. The van der Waals surface area contributed by atoms with Gasteiger partial charge in [-0.2, -0.15) is 5.10 Å². The Balaban J connectivity index is 2.28. The number of nitrogens with one attached hydrogen (secondary N) is 1. The van der Waals surface area contributed by atoms with Gasteiger partial charge in [0, 0.05) is 11.6 Å². The molecule has 2 rings (SSSR count). The minimum Gasteiger partial charge on any atom is -0.350 e. The lowest BCUT2D eigenvalue weighted by Crippen LogP contribution is -2.30. The number of aryl methyl sites for hydroxylation is 1. The molecule has 0 radical (unpaired) electrons. The Labute approximate surface area is 127 Å².